The molecule has 8 rings (SSSR count). The van der Waals surface area contributed by atoms with Gasteiger partial charge in [-0.15, -0.1) is 0 Å². The number of halogens is 2. The molecular weight excluding hydrogens is 726 g/mol. The van der Waals surface area contributed by atoms with Crippen LogP contribution in [-0.2, 0) is 0 Å². The first-order valence-electron chi connectivity index (χ1n) is 15.4. The molecule has 0 radical (unpaired) electrons. The number of aromatic nitrogens is 4. The molecule has 4 aromatic heterocycles. The van der Waals surface area contributed by atoms with Gasteiger partial charge in [0.2, 0.25) is 5.75 Å². The summed E-state index contributed by atoms with van der Waals surface area (Å²) in [5, 5.41) is 28.9. The highest BCUT2D eigenvalue weighted by Crippen LogP contribution is 2.33. The van der Waals surface area contributed by atoms with E-state index in [-0.39, 0.29) is 28.6 Å². The van der Waals surface area contributed by atoms with E-state index in [1.165, 1.54) is 43.6 Å². The van der Waals surface area contributed by atoms with Gasteiger partial charge in [0.1, 0.15) is 28.9 Å². The minimum absolute atomic E-state index is 0.0607. The van der Waals surface area contributed by atoms with Crippen LogP contribution in [-0.4, -0.2) is 59.3 Å². The Labute approximate surface area is 295 Å². The number of nitro groups is 2. The Balaban J connectivity index is 0.000000142. The lowest BCUT2D eigenvalue weighted by atomic mass is 10.4. The molecule has 49 heavy (non-hydrogen) atoms. The third-order valence-corrected chi connectivity index (χ3v) is 7.36. The smallest absolute Gasteiger partial charge is 0.329 e. The molecule has 0 bridgehead atoms. The molecule has 0 atom stereocenters. The average molecular weight is 761 g/mol. The Morgan fingerprint density at radius 3 is 1.51 bits per heavy atom. The van der Waals surface area contributed by atoms with Crippen LogP contribution in [0, 0.1) is 20.2 Å². The fourth-order valence-corrected chi connectivity index (χ4v) is 3.76. The Bertz CT molecular complexity index is 1620. The minimum Gasteiger partial charge on any atom is -0.489 e. The van der Waals surface area contributed by atoms with Gasteiger partial charge in [0.05, 0.1) is 50.6 Å². The van der Waals surface area contributed by atoms with Crippen molar-refractivity contribution in [3.63, 3.8) is 0 Å². The van der Waals surface area contributed by atoms with E-state index >= 15 is 0 Å². The van der Waals surface area contributed by atoms with Crippen molar-refractivity contribution in [1.29, 1.82) is 0 Å². The lowest BCUT2D eigenvalue weighted by Crippen LogP contribution is -2.00. The molecule has 15 nitrogen and oxygen atoms in total. The molecule has 4 heterocycles. The maximum atomic E-state index is 10.5. The van der Waals surface area contributed by atoms with Gasteiger partial charge in [-0.3, -0.25) is 40.2 Å². The first kappa shape index (κ1) is 37.2. The number of nitrogen functional groups attached to an aromatic ring is 1. The van der Waals surface area contributed by atoms with Crippen molar-refractivity contribution in [3.8, 4) is 17.2 Å². The zero-order valence-corrected chi connectivity index (χ0v) is 28.6. The zero-order valence-electron chi connectivity index (χ0n) is 26.2. The quantitative estimate of drug-likeness (QED) is 0.138. The van der Waals surface area contributed by atoms with Gasteiger partial charge in [-0.1, -0.05) is 11.6 Å². The molecule has 4 saturated carbocycles. The second kappa shape index (κ2) is 18.8. The highest BCUT2D eigenvalue weighted by Gasteiger charge is 2.27. The van der Waals surface area contributed by atoms with Crippen molar-refractivity contribution >= 4 is 44.6 Å². The second-order valence-corrected chi connectivity index (χ2v) is 12.3. The maximum absolute atomic E-state index is 10.5. The SMILES string of the molecule is Brc1cnccc1OC1CC1.Nc1cnccc1OC1CC1.O=[N+]([O-])c1cnccc1Cl.O=[N+]([O-])c1cnccc1OC1CC1.OC1CC1. The lowest BCUT2D eigenvalue weighted by Gasteiger charge is -2.05. The summed E-state index contributed by atoms with van der Waals surface area (Å²) in [6, 6.07) is 6.58. The monoisotopic (exact) mass is 759 g/mol. The van der Waals surface area contributed by atoms with E-state index in [9.17, 15) is 20.2 Å². The van der Waals surface area contributed by atoms with Gasteiger partial charge in [-0.05, 0) is 79.4 Å². The third kappa shape index (κ3) is 14.5. The standard InChI is InChI=1S/C8H8BrNO.C8H8N2O3.C8H10N2O.C5H3ClN2O2.C3H6O/c9-7-5-10-4-3-8(7)11-6-1-2-6;11-10(12)7-5-9-4-3-8(7)13-6-1-2-6;9-7-5-10-4-3-8(7)11-6-1-2-6;6-4-1-2-7-3-5(4)8(9)10;4-3-1-2-3/h3-6H,1-2H2;3-6H,1-2H2;3-6H,1-2,9H2;1-3H;3-4H,1-2H2. The van der Waals surface area contributed by atoms with Crippen molar-refractivity contribution in [2.24, 2.45) is 0 Å². The van der Waals surface area contributed by atoms with Crippen molar-refractivity contribution in [1.82, 2.24) is 19.9 Å². The summed E-state index contributed by atoms with van der Waals surface area (Å²) in [5.41, 5.74) is 6.01. The van der Waals surface area contributed by atoms with Crippen LogP contribution < -0.4 is 19.9 Å². The summed E-state index contributed by atoms with van der Waals surface area (Å²) in [5.74, 6) is 1.99. The molecule has 0 aromatic carbocycles. The number of aliphatic hydroxyl groups excluding tert-OH is 1. The highest BCUT2D eigenvalue weighted by molar-refractivity contribution is 9.10. The summed E-state index contributed by atoms with van der Waals surface area (Å²) in [7, 11) is 0. The molecule has 260 valence electrons. The number of hydrogen-bond acceptors (Lipinski definition) is 13. The van der Waals surface area contributed by atoms with Gasteiger partial charge in [-0.25, -0.2) is 0 Å². The first-order chi connectivity index (χ1) is 23.6. The van der Waals surface area contributed by atoms with Gasteiger partial charge < -0.3 is 25.1 Å². The van der Waals surface area contributed by atoms with Crippen LogP contribution in [0.25, 0.3) is 0 Å². The van der Waals surface area contributed by atoms with E-state index in [0.717, 1.165) is 60.7 Å². The van der Waals surface area contributed by atoms with Crippen molar-refractivity contribution in [2.45, 2.75) is 75.8 Å². The van der Waals surface area contributed by atoms with Crippen molar-refractivity contribution in [3.05, 3.63) is 104 Å². The number of pyridine rings is 4. The van der Waals surface area contributed by atoms with Crippen molar-refractivity contribution in [2.75, 3.05) is 5.73 Å². The molecule has 4 aliphatic rings. The molecule has 0 saturated heterocycles. The molecule has 17 heteroatoms. The minimum atomic E-state index is -0.574. The van der Waals surface area contributed by atoms with Crippen molar-refractivity contribution < 1.29 is 29.2 Å². The average Bonchev–Trinajstić information content (AvgIpc) is 3.88. The van der Waals surface area contributed by atoms with Crippen LogP contribution in [0.15, 0.2) is 78.3 Å². The molecular formula is C32H35BrClN7O8. The van der Waals surface area contributed by atoms with Gasteiger partial charge >= 0.3 is 11.4 Å². The van der Waals surface area contributed by atoms with Gasteiger partial charge in [0, 0.05) is 43.1 Å². The van der Waals surface area contributed by atoms with Crippen LogP contribution in [0.3, 0.4) is 0 Å². The molecule has 0 amide bonds. The summed E-state index contributed by atoms with van der Waals surface area (Å²) in [6.45, 7) is 0. The van der Waals surface area contributed by atoms with Crippen LogP contribution in [0.4, 0.5) is 17.1 Å². The Morgan fingerprint density at radius 2 is 1.08 bits per heavy atom. The first-order valence-corrected chi connectivity index (χ1v) is 16.6. The maximum Gasteiger partial charge on any atom is 0.329 e. The number of anilines is 1. The Hall–Kier alpha value is -4.67. The molecule has 0 aliphatic heterocycles. The second-order valence-electron chi connectivity index (χ2n) is 11.1. The van der Waals surface area contributed by atoms with E-state index in [0.29, 0.717) is 23.6 Å². The highest BCUT2D eigenvalue weighted by atomic mass is 79.9. The number of nitrogens with zero attached hydrogens (tertiary/aromatic N) is 6. The lowest BCUT2D eigenvalue weighted by molar-refractivity contribution is -0.386. The van der Waals surface area contributed by atoms with E-state index in [2.05, 4.69) is 35.9 Å². The van der Waals surface area contributed by atoms with E-state index < -0.39 is 9.85 Å². The van der Waals surface area contributed by atoms with E-state index in [1.807, 2.05) is 6.07 Å². The Kier molecular flexibility index (Phi) is 14.2. The fourth-order valence-electron chi connectivity index (χ4n) is 3.24. The molecule has 4 aliphatic carbocycles. The van der Waals surface area contributed by atoms with E-state index in [4.69, 9.17) is 36.7 Å². The largest absolute Gasteiger partial charge is 0.489 e. The van der Waals surface area contributed by atoms with Crippen LogP contribution in [0.1, 0.15) is 51.4 Å². The number of hydrogen-bond donors (Lipinski definition) is 2. The van der Waals surface area contributed by atoms with Crippen LogP contribution in [0.2, 0.25) is 5.02 Å². The van der Waals surface area contributed by atoms with Crippen LogP contribution in [0.5, 0.6) is 17.2 Å². The van der Waals surface area contributed by atoms with E-state index in [1.54, 1.807) is 30.9 Å². The molecule has 4 aromatic rings. The number of rotatable bonds is 8. The molecule has 0 unspecified atom stereocenters. The molecule has 3 N–H and O–H groups in total. The summed E-state index contributed by atoms with van der Waals surface area (Å²) >= 11 is 8.80. The number of aliphatic hydroxyl groups is 1. The van der Waals surface area contributed by atoms with Gasteiger partial charge in [-0.2, -0.15) is 0 Å². The topological polar surface area (TPSA) is 212 Å². The number of nitrogens with two attached hydrogens (primary N) is 1. The van der Waals surface area contributed by atoms with Gasteiger partial charge in [0.15, 0.2) is 0 Å². The zero-order chi connectivity index (χ0) is 35.2. The summed E-state index contributed by atoms with van der Waals surface area (Å²) in [4.78, 5) is 34.6. The summed E-state index contributed by atoms with van der Waals surface area (Å²) in [6.07, 6.45) is 21.8. The molecule has 0 spiro atoms. The third-order valence-electron chi connectivity index (χ3n) is 6.45. The number of ether oxygens (including phenoxy) is 3. The predicted octanol–water partition coefficient (Wildman–Crippen LogP) is 6.91. The molecule has 4 fully saturated rings. The predicted molar refractivity (Wildman–Crippen MR) is 184 cm³/mol. The Morgan fingerprint density at radius 1 is 0.673 bits per heavy atom. The fraction of sp³-hybridized carbons (Fsp3) is 0.375. The van der Waals surface area contributed by atoms with Crippen LogP contribution >= 0.6 is 27.5 Å². The van der Waals surface area contributed by atoms with Gasteiger partial charge in [0.25, 0.3) is 0 Å². The summed E-state index contributed by atoms with van der Waals surface area (Å²) < 4.78 is 17.3. The normalized spacial score (nSPS) is 15.5.